The molecule has 0 radical (unpaired) electrons. The Balaban J connectivity index is 1.76. The standard InChI is InChI=1S/C27H37N3O3/c1-27(2,3)17-25(31)30(24-11-6-5-10-23(24)28)18-19-8-7-9-21(16-19)29-26(32)20-12-14-22(33-4)15-13-20/h7-9,12-16,23-24H,5-6,10-11,17-18,28H2,1-4H3,(H,29,32). The number of anilines is 1. The molecule has 3 N–H and O–H groups in total. The summed E-state index contributed by atoms with van der Waals surface area (Å²) in [5.41, 5.74) is 8.59. The van der Waals surface area contributed by atoms with Crippen molar-refractivity contribution in [1.82, 2.24) is 4.90 Å². The van der Waals surface area contributed by atoms with Crippen LogP contribution in [0.2, 0.25) is 0 Å². The molecule has 0 aromatic heterocycles. The normalized spacial score (nSPS) is 18.5. The zero-order valence-corrected chi connectivity index (χ0v) is 20.3. The number of hydrogen-bond donors (Lipinski definition) is 2. The molecule has 0 heterocycles. The molecular formula is C27H37N3O3. The van der Waals surface area contributed by atoms with Crippen LogP contribution in [0.3, 0.4) is 0 Å². The molecule has 6 heteroatoms. The van der Waals surface area contributed by atoms with Crippen molar-refractivity contribution in [2.45, 2.75) is 71.5 Å². The zero-order chi connectivity index (χ0) is 24.0. The molecular weight excluding hydrogens is 414 g/mol. The Morgan fingerprint density at radius 2 is 1.79 bits per heavy atom. The molecule has 0 bridgehead atoms. The van der Waals surface area contributed by atoms with Gasteiger partial charge >= 0.3 is 0 Å². The second-order valence-electron chi connectivity index (χ2n) is 10.2. The van der Waals surface area contributed by atoms with Crippen LogP contribution in [-0.2, 0) is 11.3 Å². The monoisotopic (exact) mass is 451 g/mol. The third-order valence-electron chi connectivity index (χ3n) is 6.07. The minimum Gasteiger partial charge on any atom is -0.497 e. The molecule has 2 unspecified atom stereocenters. The Bertz CT molecular complexity index is 950. The molecule has 33 heavy (non-hydrogen) atoms. The van der Waals surface area contributed by atoms with Gasteiger partial charge < -0.3 is 20.7 Å². The van der Waals surface area contributed by atoms with E-state index in [-0.39, 0.29) is 29.3 Å². The summed E-state index contributed by atoms with van der Waals surface area (Å²) in [6, 6.07) is 14.7. The van der Waals surface area contributed by atoms with Gasteiger partial charge in [-0.25, -0.2) is 0 Å². The predicted molar refractivity (Wildman–Crippen MR) is 132 cm³/mol. The quantitative estimate of drug-likeness (QED) is 0.622. The van der Waals surface area contributed by atoms with Crippen molar-refractivity contribution in [3.63, 3.8) is 0 Å². The first-order valence-electron chi connectivity index (χ1n) is 11.8. The lowest BCUT2D eigenvalue weighted by molar-refractivity contribution is -0.137. The summed E-state index contributed by atoms with van der Waals surface area (Å²) in [6.45, 7) is 6.73. The number of carbonyl (C=O) groups excluding carboxylic acids is 2. The molecule has 0 spiro atoms. The van der Waals surface area contributed by atoms with Crippen molar-refractivity contribution in [2.24, 2.45) is 11.1 Å². The van der Waals surface area contributed by atoms with E-state index in [0.717, 1.165) is 31.2 Å². The average molecular weight is 452 g/mol. The third kappa shape index (κ3) is 7.06. The highest BCUT2D eigenvalue weighted by atomic mass is 16.5. The second-order valence-corrected chi connectivity index (χ2v) is 10.2. The zero-order valence-electron chi connectivity index (χ0n) is 20.3. The fourth-order valence-corrected chi connectivity index (χ4v) is 4.36. The summed E-state index contributed by atoms with van der Waals surface area (Å²) < 4.78 is 5.15. The smallest absolute Gasteiger partial charge is 0.255 e. The maximum absolute atomic E-state index is 13.3. The SMILES string of the molecule is COc1ccc(C(=O)Nc2cccc(CN(C(=O)CC(C)(C)C)C3CCCCC3N)c2)cc1. The van der Waals surface area contributed by atoms with Crippen LogP contribution >= 0.6 is 0 Å². The van der Waals surface area contributed by atoms with Gasteiger partial charge in [0.05, 0.1) is 7.11 Å². The van der Waals surface area contributed by atoms with Gasteiger partial charge in [-0.15, -0.1) is 0 Å². The topological polar surface area (TPSA) is 84.7 Å². The highest BCUT2D eigenvalue weighted by Gasteiger charge is 2.32. The molecule has 1 fully saturated rings. The molecule has 2 atom stereocenters. The summed E-state index contributed by atoms with van der Waals surface area (Å²) in [7, 11) is 1.59. The number of benzene rings is 2. The van der Waals surface area contributed by atoms with Crippen LogP contribution in [0.4, 0.5) is 5.69 Å². The summed E-state index contributed by atoms with van der Waals surface area (Å²) in [5.74, 6) is 0.650. The fourth-order valence-electron chi connectivity index (χ4n) is 4.36. The highest BCUT2D eigenvalue weighted by Crippen LogP contribution is 2.28. The summed E-state index contributed by atoms with van der Waals surface area (Å²) in [6.07, 6.45) is 4.57. The average Bonchev–Trinajstić information content (AvgIpc) is 2.77. The molecule has 0 aliphatic heterocycles. The number of ether oxygens (including phenoxy) is 1. The maximum Gasteiger partial charge on any atom is 0.255 e. The lowest BCUT2D eigenvalue weighted by atomic mass is 9.87. The highest BCUT2D eigenvalue weighted by molar-refractivity contribution is 6.04. The lowest BCUT2D eigenvalue weighted by Crippen LogP contribution is -2.52. The molecule has 1 aliphatic carbocycles. The van der Waals surface area contributed by atoms with Gasteiger partial charge in [0.2, 0.25) is 5.91 Å². The fraction of sp³-hybridized carbons (Fsp3) is 0.481. The molecule has 1 aliphatic rings. The lowest BCUT2D eigenvalue weighted by Gasteiger charge is -2.39. The molecule has 2 aromatic carbocycles. The Kier molecular flexibility index (Phi) is 8.14. The van der Waals surface area contributed by atoms with E-state index in [2.05, 4.69) is 26.1 Å². The molecule has 6 nitrogen and oxygen atoms in total. The van der Waals surface area contributed by atoms with Crippen LogP contribution in [0.1, 0.15) is 68.8 Å². The van der Waals surface area contributed by atoms with Crippen molar-refractivity contribution >= 4 is 17.5 Å². The van der Waals surface area contributed by atoms with Crippen molar-refractivity contribution in [3.05, 3.63) is 59.7 Å². The Hall–Kier alpha value is -2.86. The van der Waals surface area contributed by atoms with Gasteiger partial charge in [-0.2, -0.15) is 0 Å². The van der Waals surface area contributed by atoms with E-state index in [1.165, 1.54) is 0 Å². The minimum absolute atomic E-state index is 0.000579. The van der Waals surface area contributed by atoms with E-state index in [1.54, 1.807) is 31.4 Å². The molecule has 2 aromatic rings. The minimum atomic E-state index is -0.190. The van der Waals surface area contributed by atoms with Crippen molar-refractivity contribution < 1.29 is 14.3 Å². The van der Waals surface area contributed by atoms with E-state index in [1.807, 2.05) is 29.2 Å². The van der Waals surface area contributed by atoms with Crippen LogP contribution in [0.15, 0.2) is 48.5 Å². The van der Waals surface area contributed by atoms with Gasteiger partial charge in [0.25, 0.3) is 5.91 Å². The van der Waals surface area contributed by atoms with E-state index < -0.39 is 0 Å². The van der Waals surface area contributed by atoms with Crippen LogP contribution in [0, 0.1) is 5.41 Å². The number of nitrogens with two attached hydrogens (primary N) is 1. The van der Waals surface area contributed by atoms with Gasteiger partial charge in [-0.3, -0.25) is 9.59 Å². The second kappa shape index (κ2) is 10.8. The number of hydrogen-bond acceptors (Lipinski definition) is 4. The first-order valence-corrected chi connectivity index (χ1v) is 11.8. The predicted octanol–water partition coefficient (Wildman–Crippen LogP) is 4.98. The Morgan fingerprint density at radius 3 is 2.42 bits per heavy atom. The summed E-state index contributed by atoms with van der Waals surface area (Å²) in [4.78, 5) is 27.9. The maximum atomic E-state index is 13.3. The number of methoxy groups -OCH3 is 1. The van der Waals surface area contributed by atoms with E-state index in [4.69, 9.17) is 10.5 Å². The number of rotatable bonds is 7. The molecule has 0 saturated heterocycles. The number of carbonyl (C=O) groups is 2. The van der Waals surface area contributed by atoms with Crippen molar-refractivity contribution in [2.75, 3.05) is 12.4 Å². The molecule has 2 amide bonds. The number of amides is 2. The van der Waals surface area contributed by atoms with E-state index in [9.17, 15) is 9.59 Å². The Morgan fingerprint density at radius 1 is 1.09 bits per heavy atom. The number of nitrogens with zero attached hydrogens (tertiary/aromatic N) is 1. The van der Waals surface area contributed by atoms with Crippen LogP contribution in [-0.4, -0.2) is 35.9 Å². The van der Waals surface area contributed by atoms with Crippen molar-refractivity contribution in [3.8, 4) is 5.75 Å². The van der Waals surface area contributed by atoms with Gasteiger partial charge in [-0.1, -0.05) is 45.7 Å². The summed E-state index contributed by atoms with van der Waals surface area (Å²) in [5, 5.41) is 2.96. The van der Waals surface area contributed by atoms with Crippen LogP contribution in [0.5, 0.6) is 5.75 Å². The first kappa shape index (κ1) is 24.8. The summed E-state index contributed by atoms with van der Waals surface area (Å²) >= 11 is 0. The van der Waals surface area contributed by atoms with Gasteiger partial charge in [-0.05, 0) is 60.2 Å². The van der Waals surface area contributed by atoms with Crippen LogP contribution < -0.4 is 15.8 Å². The van der Waals surface area contributed by atoms with Crippen LogP contribution in [0.25, 0.3) is 0 Å². The van der Waals surface area contributed by atoms with Crippen molar-refractivity contribution in [1.29, 1.82) is 0 Å². The van der Waals surface area contributed by atoms with Gasteiger partial charge in [0.1, 0.15) is 5.75 Å². The molecule has 178 valence electrons. The van der Waals surface area contributed by atoms with E-state index >= 15 is 0 Å². The van der Waals surface area contributed by atoms with Gasteiger partial charge in [0, 0.05) is 36.3 Å². The molecule has 3 rings (SSSR count). The third-order valence-corrected chi connectivity index (χ3v) is 6.07. The largest absolute Gasteiger partial charge is 0.497 e. The first-order chi connectivity index (χ1) is 15.7. The van der Waals surface area contributed by atoms with Gasteiger partial charge in [0.15, 0.2) is 0 Å². The molecule has 1 saturated carbocycles. The number of nitrogens with one attached hydrogen (secondary N) is 1. The van der Waals surface area contributed by atoms with E-state index in [0.29, 0.717) is 30.0 Å². The Labute approximate surface area is 197 Å².